The largest absolute Gasteiger partial charge is 0.508 e. The SMILES string of the molecule is CC(C)/C=C\C(O)=C/CC(=O)O. The van der Waals surface area contributed by atoms with Crippen molar-refractivity contribution in [1.82, 2.24) is 0 Å². The summed E-state index contributed by atoms with van der Waals surface area (Å²) >= 11 is 0. The third-order valence-electron chi connectivity index (χ3n) is 1.14. The molecular weight excluding hydrogens is 156 g/mol. The number of hydrogen-bond acceptors (Lipinski definition) is 2. The number of rotatable bonds is 4. The molecule has 0 fully saturated rings. The van der Waals surface area contributed by atoms with Crippen molar-refractivity contribution >= 4 is 5.97 Å². The van der Waals surface area contributed by atoms with E-state index < -0.39 is 5.97 Å². The van der Waals surface area contributed by atoms with Crippen LogP contribution < -0.4 is 0 Å². The molecule has 0 radical (unpaired) electrons. The average molecular weight is 170 g/mol. The Hall–Kier alpha value is -1.25. The van der Waals surface area contributed by atoms with E-state index in [1.807, 2.05) is 13.8 Å². The normalized spacial score (nSPS) is 12.8. The highest BCUT2D eigenvalue weighted by Gasteiger charge is 1.93. The van der Waals surface area contributed by atoms with Crippen LogP contribution in [0.2, 0.25) is 0 Å². The molecule has 0 saturated heterocycles. The molecule has 0 atom stereocenters. The van der Waals surface area contributed by atoms with Gasteiger partial charge in [0.1, 0.15) is 5.76 Å². The van der Waals surface area contributed by atoms with Crippen LogP contribution in [0.3, 0.4) is 0 Å². The Kier molecular flexibility index (Phi) is 4.84. The predicted octanol–water partition coefficient (Wildman–Crippen LogP) is 2.12. The number of aliphatic hydroxyl groups excluding tert-OH is 1. The van der Waals surface area contributed by atoms with Gasteiger partial charge >= 0.3 is 5.97 Å². The highest BCUT2D eigenvalue weighted by molar-refractivity contribution is 5.68. The number of hydrogen-bond donors (Lipinski definition) is 2. The molecule has 0 rings (SSSR count). The van der Waals surface area contributed by atoms with E-state index in [1.54, 1.807) is 6.08 Å². The highest BCUT2D eigenvalue weighted by atomic mass is 16.4. The summed E-state index contributed by atoms with van der Waals surface area (Å²) in [4.78, 5) is 10.1. The first kappa shape index (κ1) is 10.8. The van der Waals surface area contributed by atoms with Gasteiger partial charge in [0.05, 0.1) is 6.42 Å². The van der Waals surface area contributed by atoms with Crippen LogP contribution in [0.5, 0.6) is 0 Å². The van der Waals surface area contributed by atoms with Gasteiger partial charge in [-0.3, -0.25) is 4.79 Å². The second-order valence-corrected chi connectivity index (χ2v) is 2.83. The van der Waals surface area contributed by atoms with Gasteiger partial charge in [-0.15, -0.1) is 0 Å². The maximum atomic E-state index is 10.1. The molecular formula is C9H14O3. The van der Waals surface area contributed by atoms with Crippen molar-refractivity contribution in [2.24, 2.45) is 5.92 Å². The van der Waals surface area contributed by atoms with Crippen LogP contribution in [0.15, 0.2) is 24.0 Å². The van der Waals surface area contributed by atoms with Gasteiger partial charge in [-0.05, 0) is 18.1 Å². The summed E-state index contributed by atoms with van der Waals surface area (Å²) < 4.78 is 0. The van der Waals surface area contributed by atoms with Gasteiger partial charge in [-0.1, -0.05) is 19.9 Å². The van der Waals surface area contributed by atoms with Crippen molar-refractivity contribution in [2.45, 2.75) is 20.3 Å². The lowest BCUT2D eigenvalue weighted by Gasteiger charge is -1.93. The van der Waals surface area contributed by atoms with Crippen molar-refractivity contribution in [3.8, 4) is 0 Å². The van der Waals surface area contributed by atoms with Crippen LogP contribution in [0, 0.1) is 5.92 Å². The fraction of sp³-hybridized carbons (Fsp3) is 0.444. The van der Waals surface area contributed by atoms with Crippen LogP contribution in [-0.2, 0) is 4.79 Å². The standard InChI is InChI=1S/C9H14O3/c1-7(2)3-4-8(10)5-6-9(11)12/h3-5,7,10H,6H2,1-2H3,(H,11,12)/b4-3-,8-5+. The Bertz CT molecular complexity index is 202. The van der Waals surface area contributed by atoms with Crippen LogP contribution >= 0.6 is 0 Å². The molecule has 0 aromatic carbocycles. The second kappa shape index (κ2) is 5.41. The van der Waals surface area contributed by atoms with Crippen molar-refractivity contribution in [3.63, 3.8) is 0 Å². The minimum Gasteiger partial charge on any atom is -0.508 e. The number of carbonyl (C=O) groups is 1. The summed E-state index contributed by atoms with van der Waals surface area (Å²) in [5.74, 6) is -0.587. The molecule has 0 spiro atoms. The molecule has 3 nitrogen and oxygen atoms in total. The van der Waals surface area contributed by atoms with E-state index in [1.165, 1.54) is 12.2 Å². The molecule has 0 aliphatic heterocycles. The summed E-state index contributed by atoms with van der Waals surface area (Å²) in [5, 5.41) is 17.3. The maximum absolute atomic E-state index is 10.1. The van der Waals surface area contributed by atoms with Crippen molar-refractivity contribution in [2.75, 3.05) is 0 Å². The Labute approximate surface area is 72.0 Å². The second-order valence-electron chi connectivity index (χ2n) is 2.83. The third-order valence-corrected chi connectivity index (χ3v) is 1.14. The molecule has 0 aromatic heterocycles. The fourth-order valence-electron chi connectivity index (χ4n) is 0.551. The highest BCUT2D eigenvalue weighted by Crippen LogP contribution is 1.99. The minimum absolute atomic E-state index is 0.00565. The Morgan fingerprint density at radius 3 is 2.42 bits per heavy atom. The zero-order valence-corrected chi connectivity index (χ0v) is 7.32. The Morgan fingerprint density at radius 1 is 1.42 bits per heavy atom. The van der Waals surface area contributed by atoms with E-state index in [-0.39, 0.29) is 12.2 Å². The van der Waals surface area contributed by atoms with Gasteiger partial charge in [-0.25, -0.2) is 0 Å². The van der Waals surface area contributed by atoms with Crippen LogP contribution in [0.4, 0.5) is 0 Å². The molecule has 0 heterocycles. The van der Waals surface area contributed by atoms with Gasteiger partial charge in [0.25, 0.3) is 0 Å². The van der Waals surface area contributed by atoms with E-state index in [4.69, 9.17) is 10.2 Å². The summed E-state index contributed by atoms with van der Waals surface area (Å²) in [7, 11) is 0. The van der Waals surface area contributed by atoms with Gasteiger partial charge in [-0.2, -0.15) is 0 Å². The van der Waals surface area contributed by atoms with Gasteiger partial charge in [0, 0.05) is 0 Å². The zero-order valence-electron chi connectivity index (χ0n) is 7.32. The molecule has 12 heavy (non-hydrogen) atoms. The van der Waals surface area contributed by atoms with Gasteiger partial charge in [0.2, 0.25) is 0 Å². The summed E-state index contributed by atoms with van der Waals surface area (Å²) in [6.07, 6.45) is 4.43. The molecule has 0 aliphatic carbocycles. The van der Waals surface area contributed by atoms with E-state index in [0.717, 1.165) is 0 Å². The molecule has 0 aromatic rings. The van der Waals surface area contributed by atoms with E-state index in [0.29, 0.717) is 5.92 Å². The van der Waals surface area contributed by atoms with Gasteiger partial charge < -0.3 is 10.2 Å². The molecule has 3 heteroatoms. The molecule has 2 N–H and O–H groups in total. The third kappa shape index (κ3) is 6.86. The zero-order chi connectivity index (χ0) is 9.56. The topological polar surface area (TPSA) is 57.5 Å². The van der Waals surface area contributed by atoms with E-state index in [2.05, 4.69) is 0 Å². The lowest BCUT2D eigenvalue weighted by Crippen LogP contribution is -1.91. The molecule has 0 aliphatic rings. The summed E-state index contributed by atoms with van der Waals surface area (Å²) in [6, 6.07) is 0. The molecule has 0 bridgehead atoms. The summed E-state index contributed by atoms with van der Waals surface area (Å²) in [5.41, 5.74) is 0. The predicted molar refractivity (Wildman–Crippen MR) is 46.9 cm³/mol. The van der Waals surface area contributed by atoms with E-state index in [9.17, 15) is 4.79 Å². The summed E-state index contributed by atoms with van der Waals surface area (Å²) in [6.45, 7) is 3.95. The smallest absolute Gasteiger partial charge is 0.307 e. The number of carboxylic acid groups (broad SMARTS) is 1. The first-order valence-electron chi connectivity index (χ1n) is 3.81. The quantitative estimate of drug-likeness (QED) is 0.502. The number of allylic oxidation sites excluding steroid dienone is 2. The van der Waals surface area contributed by atoms with Crippen molar-refractivity contribution in [3.05, 3.63) is 24.0 Å². The number of aliphatic carboxylic acids is 1. The maximum Gasteiger partial charge on any atom is 0.307 e. The fourth-order valence-corrected chi connectivity index (χ4v) is 0.551. The van der Waals surface area contributed by atoms with E-state index >= 15 is 0 Å². The van der Waals surface area contributed by atoms with Crippen molar-refractivity contribution in [1.29, 1.82) is 0 Å². The van der Waals surface area contributed by atoms with Crippen LogP contribution in [0.1, 0.15) is 20.3 Å². The molecule has 0 amide bonds. The van der Waals surface area contributed by atoms with Crippen LogP contribution in [-0.4, -0.2) is 16.2 Å². The van der Waals surface area contributed by atoms with Crippen LogP contribution in [0.25, 0.3) is 0 Å². The average Bonchev–Trinajstić information content (AvgIpc) is 1.96. The number of aliphatic hydroxyl groups is 1. The lowest BCUT2D eigenvalue weighted by atomic mass is 10.2. The Morgan fingerprint density at radius 2 is 2.00 bits per heavy atom. The first-order valence-corrected chi connectivity index (χ1v) is 3.81. The van der Waals surface area contributed by atoms with Gasteiger partial charge in [0.15, 0.2) is 0 Å². The molecule has 68 valence electrons. The Balaban J connectivity index is 3.93. The molecule has 0 saturated carbocycles. The lowest BCUT2D eigenvalue weighted by molar-refractivity contribution is -0.136. The number of carboxylic acids is 1. The monoisotopic (exact) mass is 170 g/mol. The minimum atomic E-state index is -0.945. The first-order chi connectivity index (χ1) is 5.52. The van der Waals surface area contributed by atoms with Crippen molar-refractivity contribution < 1.29 is 15.0 Å². The molecule has 0 unspecified atom stereocenters.